The average molecular weight is 489 g/mol. The summed E-state index contributed by atoms with van der Waals surface area (Å²) in [5, 5.41) is 2.76. The van der Waals surface area contributed by atoms with Crippen molar-refractivity contribution >= 4 is 40.7 Å². The van der Waals surface area contributed by atoms with Gasteiger partial charge in [-0.25, -0.2) is 4.39 Å². The van der Waals surface area contributed by atoms with E-state index >= 15 is 0 Å². The van der Waals surface area contributed by atoms with E-state index in [0.29, 0.717) is 25.4 Å². The Morgan fingerprint density at radius 1 is 1.16 bits per heavy atom. The summed E-state index contributed by atoms with van der Waals surface area (Å²) in [6.07, 6.45) is 0.0721. The van der Waals surface area contributed by atoms with Gasteiger partial charge in [-0.15, -0.1) is 0 Å². The van der Waals surface area contributed by atoms with Crippen LogP contribution in [0.4, 0.5) is 4.39 Å². The van der Waals surface area contributed by atoms with Crippen molar-refractivity contribution in [1.29, 1.82) is 0 Å². The maximum Gasteiger partial charge on any atom is 0.259 e. The second-order valence-corrected chi connectivity index (χ2v) is 10.3. The predicted octanol–water partition coefficient (Wildman–Crippen LogP) is 3.30. The molecule has 0 spiro atoms. The summed E-state index contributed by atoms with van der Waals surface area (Å²) in [7, 11) is 0. The van der Waals surface area contributed by atoms with Gasteiger partial charge in [0.05, 0.1) is 0 Å². The van der Waals surface area contributed by atoms with Crippen molar-refractivity contribution in [3.8, 4) is 5.75 Å². The van der Waals surface area contributed by atoms with Crippen molar-refractivity contribution in [3.63, 3.8) is 0 Å². The Bertz CT molecular complexity index is 1010. The topological polar surface area (TPSA) is 63.6 Å². The zero-order valence-electron chi connectivity index (χ0n) is 16.4. The quantitative estimate of drug-likeness (QED) is 0.656. The van der Waals surface area contributed by atoms with Crippen LogP contribution in [-0.4, -0.2) is 45.0 Å². The number of benzene rings is 1. The number of likely N-dealkylation sites (tertiary alicyclic amines) is 1. The Hall–Kier alpha value is -1.80. The lowest BCUT2D eigenvalue weighted by Crippen LogP contribution is -2.60. The number of fused-ring (bicyclic) bond motifs is 4. The van der Waals surface area contributed by atoms with Crippen LogP contribution in [0.3, 0.4) is 0 Å². The van der Waals surface area contributed by atoms with Crippen LogP contribution in [0.1, 0.15) is 18.0 Å². The van der Waals surface area contributed by atoms with Crippen molar-refractivity contribution in [3.05, 3.63) is 64.3 Å². The van der Waals surface area contributed by atoms with Gasteiger partial charge in [-0.05, 0) is 42.7 Å². The van der Waals surface area contributed by atoms with E-state index in [1.807, 2.05) is 15.5 Å². The molecule has 4 rings (SSSR count). The number of rotatable bonds is 5. The molecule has 2 aliphatic heterocycles. The van der Waals surface area contributed by atoms with Crippen LogP contribution < -0.4 is 15.6 Å². The highest BCUT2D eigenvalue weighted by atomic mass is 35.6. The number of hydrogen-bond donors (Lipinski definition) is 1. The molecular weight excluding hydrogens is 468 g/mol. The van der Waals surface area contributed by atoms with Gasteiger partial charge < -0.3 is 14.6 Å². The molecule has 6 nitrogen and oxygen atoms in total. The Morgan fingerprint density at radius 3 is 2.61 bits per heavy atom. The van der Waals surface area contributed by atoms with Crippen molar-refractivity contribution in [2.75, 3.05) is 19.7 Å². The molecule has 2 aromatic rings. The predicted molar refractivity (Wildman–Crippen MR) is 117 cm³/mol. The fourth-order valence-corrected chi connectivity index (χ4v) is 4.98. The van der Waals surface area contributed by atoms with E-state index < -0.39 is 21.7 Å². The molecule has 1 fully saturated rings. The monoisotopic (exact) mass is 487 g/mol. The van der Waals surface area contributed by atoms with Gasteiger partial charge in [0, 0.05) is 37.3 Å². The maximum absolute atomic E-state index is 13.0. The van der Waals surface area contributed by atoms with E-state index in [1.54, 1.807) is 12.1 Å². The number of alkyl halides is 3. The van der Waals surface area contributed by atoms with Crippen LogP contribution in [0.25, 0.3) is 0 Å². The van der Waals surface area contributed by atoms with Crippen molar-refractivity contribution < 1.29 is 13.9 Å². The van der Waals surface area contributed by atoms with E-state index in [4.69, 9.17) is 39.5 Å². The summed E-state index contributed by atoms with van der Waals surface area (Å²) in [6, 6.07) is 10.6. The number of amides is 1. The Labute approximate surface area is 193 Å². The Balaban J connectivity index is 1.45. The van der Waals surface area contributed by atoms with Gasteiger partial charge in [0.15, 0.2) is 6.61 Å². The third-order valence-corrected chi connectivity index (χ3v) is 6.28. The number of carbonyl (C=O) groups excluding carboxylic acids is 1. The van der Waals surface area contributed by atoms with Crippen LogP contribution in [0.15, 0.2) is 47.3 Å². The number of ether oxygens (including phenoxy) is 1. The summed E-state index contributed by atoms with van der Waals surface area (Å²) in [6.45, 7) is 1.41. The minimum absolute atomic E-state index is 0.00942. The zero-order chi connectivity index (χ0) is 22.2. The number of piperidine rings is 1. The van der Waals surface area contributed by atoms with Crippen LogP contribution in [0.2, 0.25) is 0 Å². The fraction of sp³-hybridized carbons (Fsp3) is 0.429. The smallest absolute Gasteiger partial charge is 0.259 e. The molecule has 1 N–H and O–H groups in total. The molecule has 2 bridgehead atoms. The summed E-state index contributed by atoms with van der Waals surface area (Å²) >= 11 is 18.7. The third-order valence-electron chi connectivity index (χ3n) is 5.66. The highest BCUT2D eigenvalue weighted by Crippen LogP contribution is 2.39. The lowest BCUT2D eigenvalue weighted by Gasteiger charge is -2.47. The maximum atomic E-state index is 13.0. The van der Waals surface area contributed by atoms with E-state index in [1.165, 1.54) is 24.3 Å². The van der Waals surface area contributed by atoms with Gasteiger partial charge in [0.25, 0.3) is 11.5 Å². The second-order valence-electron chi connectivity index (χ2n) is 7.91. The first-order valence-corrected chi connectivity index (χ1v) is 11.0. The lowest BCUT2D eigenvalue weighted by atomic mass is 9.83. The van der Waals surface area contributed by atoms with Crippen LogP contribution >= 0.6 is 34.8 Å². The highest BCUT2D eigenvalue weighted by molar-refractivity contribution is 6.68. The summed E-state index contributed by atoms with van der Waals surface area (Å²) in [5.41, 5.74) is 0.951. The molecule has 1 aromatic heterocycles. The molecule has 0 saturated carbocycles. The van der Waals surface area contributed by atoms with Crippen LogP contribution in [0, 0.1) is 11.7 Å². The molecule has 3 atom stereocenters. The molecule has 166 valence electrons. The number of nitrogens with zero attached hydrogens (tertiary/aromatic N) is 2. The first-order valence-electron chi connectivity index (χ1n) is 9.89. The molecule has 0 aliphatic carbocycles. The molecule has 1 amide bonds. The lowest BCUT2D eigenvalue weighted by molar-refractivity contribution is -0.125. The van der Waals surface area contributed by atoms with Crippen molar-refractivity contribution in [1.82, 2.24) is 14.8 Å². The Morgan fingerprint density at radius 2 is 1.90 bits per heavy atom. The first kappa shape index (κ1) is 22.4. The van der Waals surface area contributed by atoms with Crippen LogP contribution in [0.5, 0.6) is 5.75 Å². The van der Waals surface area contributed by atoms with Crippen molar-refractivity contribution in [2.24, 2.45) is 5.92 Å². The Kier molecular flexibility index (Phi) is 6.49. The number of nitrogens with one attached hydrogen (secondary N) is 1. The molecule has 0 radical (unpaired) electrons. The number of hydrogen-bond acceptors (Lipinski definition) is 4. The van der Waals surface area contributed by atoms with Gasteiger partial charge in [-0.2, -0.15) is 0 Å². The molecule has 1 aromatic carbocycles. The third kappa shape index (κ3) is 5.17. The number of halogens is 4. The van der Waals surface area contributed by atoms with E-state index in [9.17, 15) is 14.0 Å². The van der Waals surface area contributed by atoms with Crippen LogP contribution in [-0.2, 0) is 11.3 Å². The zero-order valence-corrected chi connectivity index (χ0v) is 18.7. The number of aromatic nitrogens is 1. The first-order chi connectivity index (χ1) is 14.7. The minimum Gasteiger partial charge on any atom is -0.484 e. The highest BCUT2D eigenvalue weighted by Gasteiger charge is 2.44. The molecule has 10 heteroatoms. The largest absolute Gasteiger partial charge is 0.484 e. The standard InChI is InChI=1S/C21H21Cl3FN3O3/c22-21(23,24)20(26-18(29)12-31-16-6-4-15(25)5-7-16)27-9-13-8-14(11-27)17-2-1-3-19(30)28(17)10-13/h1-7,13-14,20H,8-12H2,(H,26,29)/t13-,14+,20?/m1/s1. The van der Waals surface area contributed by atoms with E-state index in [-0.39, 0.29) is 24.0 Å². The summed E-state index contributed by atoms with van der Waals surface area (Å²) in [5.74, 6) is -0.200. The SMILES string of the molecule is O=C(COc1ccc(F)cc1)NC(N1C[C@H]2C[C@@H](C1)c1cccc(=O)n1C2)C(Cl)(Cl)Cl. The molecule has 1 saturated heterocycles. The van der Waals surface area contributed by atoms with E-state index in [2.05, 4.69) is 5.32 Å². The number of carbonyl (C=O) groups is 1. The van der Waals surface area contributed by atoms with Crippen molar-refractivity contribution in [2.45, 2.75) is 28.8 Å². The minimum atomic E-state index is -1.77. The average Bonchev–Trinajstić information content (AvgIpc) is 2.71. The van der Waals surface area contributed by atoms with Gasteiger partial charge >= 0.3 is 0 Å². The molecule has 3 heterocycles. The number of pyridine rings is 1. The normalized spacial score (nSPS) is 21.8. The molecule has 31 heavy (non-hydrogen) atoms. The molecule has 1 unspecified atom stereocenters. The molecule has 2 aliphatic rings. The van der Waals surface area contributed by atoms with Gasteiger partial charge in [-0.3, -0.25) is 14.5 Å². The van der Waals surface area contributed by atoms with E-state index in [0.717, 1.165) is 12.1 Å². The summed E-state index contributed by atoms with van der Waals surface area (Å²) in [4.78, 5) is 26.7. The van der Waals surface area contributed by atoms with Gasteiger partial charge in [-0.1, -0.05) is 40.9 Å². The fourth-order valence-electron chi connectivity index (χ4n) is 4.40. The second kappa shape index (κ2) is 8.98. The van der Waals surface area contributed by atoms with Gasteiger partial charge in [0.2, 0.25) is 3.79 Å². The molecular formula is C21H21Cl3FN3O3. The van der Waals surface area contributed by atoms with Gasteiger partial charge in [0.1, 0.15) is 17.7 Å². The summed E-state index contributed by atoms with van der Waals surface area (Å²) < 4.78 is 18.4.